The highest BCUT2D eigenvalue weighted by Crippen LogP contribution is 2.37. The van der Waals surface area contributed by atoms with Crippen LogP contribution in [0.1, 0.15) is 58.7 Å². The Kier molecular flexibility index (Phi) is 4.95. The molecule has 1 aliphatic rings. The third kappa shape index (κ3) is 4.18. The third-order valence-corrected chi connectivity index (χ3v) is 4.42. The maximum Gasteiger partial charge on any atom is 0.414 e. The Morgan fingerprint density at radius 2 is 1.86 bits per heavy atom. The quantitative estimate of drug-likeness (QED) is 0.825. The zero-order valence-electron chi connectivity index (χ0n) is 17.2. The van der Waals surface area contributed by atoms with Gasteiger partial charge in [0.05, 0.1) is 17.3 Å². The first-order chi connectivity index (χ1) is 13.0. The minimum Gasteiger partial charge on any atom is -0.443 e. The van der Waals surface area contributed by atoms with E-state index in [4.69, 9.17) is 9.26 Å². The molecule has 2 heterocycles. The van der Waals surface area contributed by atoms with Crippen LogP contribution < -0.4 is 10.2 Å². The number of benzene rings is 1. The van der Waals surface area contributed by atoms with Gasteiger partial charge in [-0.05, 0) is 32.4 Å². The van der Waals surface area contributed by atoms with Crippen LogP contribution in [0.2, 0.25) is 0 Å². The fourth-order valence-corrected chi connectivity index (χ4v) is 3.02. The standard InChI is InChI=1S/C21H27N3O4/c1-20(2,3)16-11-17(28-23-16)22-18(25)14-12-24(19(26)27-21(4,5)6)15-10-8-7-9-13(14)15/h7-11,14H,12H2,1-6H3,(H,22,25). The number of hydrogen-bond acceptors (Lipinski definition) is 5. The van der Waals surface area contributed by atoms with Crippen molar-refractivity contribution in [1.29, 1.82) is 0 Å². The molecule has 2 amide bonds. The Bertz CT molecular complexity index is 890. The van der Waals surface area contributed by atoms with Crippen LogP contribution in [-0.2, 0) is 14.9 Å². The summed E-state index contributed by atoms with van der Waals surface area (Å²) in [6, 6.07) is 9.08. The molecule has 1 atom stereocenters. The lowest BCUT2D eigenvalue weighted by molar-refractivity contribution is -0.117. The topological polar surface area (TPSA) is 84.7 Å². The molecule has 3 rings (SSSR count). The van der Waals surface area contributed by atoms with E-state index in [0.717, 1.165) is 11.3 Å². The van der Waals surface area contributed by atoms with Gasteiger partial charge in [-0.25, -0.2) is 4.79 Å². The van der Waals surface area contributed by atoms with Gasteiger partial charge in [0.1, 0.15) is 5.60 Å². The second-order valence-electron chi connectivity index (χ2n) is 9.02. The molecule has 7 heteroatoms. The molecular formula is C21H27N3O4. The van der Waals surface area contributed by atoms with Crippen molar-refractivity contribution in [2.75, 3.05) is 16.8 Å². The van der Waals surface area contributed by atoms with Crippen LogP contribution in [0.3, 0.4) is 0 Å². The van der Waals surface area contributed by atoms with Crippen molar-refractivity contribution in [3.05, 3.63) is 41.6 Å². The molecule has 1 aliphatic heterocycles. The van der Waals surface area contributed by atoms with Gasteiger partial charge in [0.2, 0.25) is 11.8 Å². The molecule has 150 valence electrons. The smallest absolute Gasteiger partial charge is 0.414 e. The maximum absolute atomic E-state index is 12.9. The van der Waals surface area contributed by atoms with Gasteiger partial charge < -0.3 is 9.26 Å². The van der Waals surface area contributed by atoms with Crippen molar-refractivity contribution < 1.29 is 18.8 Å². The van der Waals surface area contributed by atoms with E-state index in [9.17, 15) is 9.59 Å². The van der Waals surface area contributed by atoms with Crippen molar-refractivity contribution in [2.45, 2.75) is 58.5 Å². The van der Waals surface area contributed by atoms with Gasteiger partial charge in [0.25, 0.3) is 0 Å². The maximum atomic E-state index is 12.9. The molecule has 0 radical (unpaired) electrons. The molecule has 0 aliphatic carbocycles. The van der Waals surface area contributed by atoms with E-state index in [1.54, 1.807) is 6.07 Å². The number of ether oxygens (including phenoxy) is 1. The van der Waals surface area contributed by atoms with E-state index in [-0.39, 0.29) is 17.9 Å². The molecule has 0 spiro atoms. The van der Waals surface area contributed by atoms with E-state index in [2.05, 4.69) is 10.5 Å². The van der Waals surface area contributed by atoms with Gasteiger partial charge in [-0.15, -0.1) is 0 Å². The largest absolute Gasteiger partial charge is 0.443 e. The lowest BCUT2D eigenvalue weighted by atomic mass is 9.92. The normalized spacial score (nSPS) is 16.6. The summed E-state index contributed by atoms with van der Waals surface area (Å²) < 4.78 is 10.8. The average Bonchev–Trinajstić information content (AvgIpc) is 3.17. The zero-order chi connectivity index (χ0) is 20.7. The summed E-state index contributed by atoms with van der Waals surface area (Å²) in [5, 5.41) is 6.80. The van der Waals surface area contributed by atoms with Crippen molar-refractivity contribution >= 4 is 23.6 Å². The van der Waals surface area contributed by atoms with Gasteiger partial charge in [0, 0.05) is 18.0 Å². The van der Waals surface area contributed by atoms with E-state index < -0.39 is 17.6 Å². The molecule has 2 aromatic rings. The van der Waals surface area contributed by atoms with Gasteiger partial charge in [-0.2, -0.15) is 0 Å². The minimum atomic E-state index is -0.616. The van der Waals surface area contributed by atoms with Crippen molar-refractivity contribution in [3.63, 3.8) is 0 Å². The molecule has 0 bridgehead atoms. The highest BCUT2D eigenvalue weighted by atomic mass is 16.6. The predicted octanol–water partition coefficient (Wildman–Crippen LogP) is 4.45. The summed E-state index contributed by atoms with van der Waals surface area (Å²) in [4.78, 5) is 27.0. The van der Waals surface area contributed by atoms with E-state index >= 15 is 0 Å². The molecular weight excluding hydrogens is 358 g/mol. The molecule has 0 fully saturated rings. The third-order valence-electron chi connectivity index (χ3n) is 4.42. The van der Waals surface area contributed by atoms with Gasteiger partial charge in [-0.1, -0.05) is 44.1 Å². The number of carbonyl (C=O) groups excluding carboxylic acids is 2. The number of rotatable bonds is 2. The van der Waals surface area contributed by atoms with Crippen LogP contribution in [0.5, 0.6) is 0 Å². The number of nitrogens with zero attached hydrogens (tertiary/aromatic N) is 2. The molecule has 1 N–H and O–H groups in total. The molecule has 0 saturated carbocycles. The lowest BCUT2D eigenvalue weighted by Gasteiger charge is -2.25. The van der Waals surface area contributed by atoms with Crippen LogP contribution in [-0.4, -0.2) is 29.3 Å². The summed E-state index contributed by atoms with van der Waals surface area (Å²) in [5.74, 6) is -0.481. The summed E-state index contributed by atoms with van der Waals surface area (Å²) in [6.45, 7) is 11.7. The second kappa shape index (κ2) is 6.96. The Morgan fingerprint density at radius 1 is 1.18 bits per heavy atom. The molecule has 1 unspecified atom stereocenters. The fraction of sp³-hybridized carbons (Fsp3) is 0.476. The number of amides is 2. The highest BCUT2D eigenvalue weighted by molar-refractivity contribution is 6.01. The fourth-order valence-electron chi connectivity index (χ4n) is 3.02. The summed E-state index contributed by atoms with van der Waals surface area (Å²) in [5.41, 5.74) is 1.42. The zero-order valence-corrected chi connectivity index (χ0v) is 17.2. The number of carbonyl (C=O) groups is 2. The molecule has 7 nitrogen and oxygen atoms in total. The van der Waals surface area contributed by atoms with Crippen molar-refractivity contribution in [2.24, 2.45) is 0 Å². The van der Waals surface area contributed by atoms with Crippen LogP contribution in [0.4, 0.5) is 16.4 Å². The van der Waals surface area contributed by atoms with Crippen molar-refractivity contribution in [1.82, 2.24) is 5.16 Å². The number of aromatic nitrogens is 1. The number of anilines is 2. The van der Waals surface area contributed by atoms with Gasteiger partial charge >= 0.3 is 6.09 Å². The average molecular weight is 385 g/mol. The molecule has 0 saturated heterocycles. The monoisotopic (exact) mass is 385 g/mol. The minimum absolute atomic E-state index is 0.181. The SMILES string of the molecule is CC(C)(C)OC(=O)N1CC(C(=O)Nc2cc(C(C)(C)C)no2)c2ccccc21. The Morgan fingerprint density at radius 3 is 2.46 bits per heavy atom. The first-order valence-corrected chi connectivity index (χ1v) is 9.33. The Labute approximate surface area is 165 Å². The van der Waals surface area contributed by atoms with Gasteiger partial charge in [-0.3, -0.25) is 15.0 Å². The molecule has 28 heavy (non-hydrogen) atoms. The second-order valence-corrected chi connectivity index (χ2v) is 9.02. The van der Waals surface area contributed by atoms with E-state index in [0.29, 0.717) is 11.6 Å². The van der Waals surface area contributed by atoms with Crippen LogP contribution >= 0.6 is 0 Å². The summed E-state index contributed by atoms with van der Waals surface area (Å²) in [7, 11) is 0. The van der Waals surface area contributed by atoms with Crippen molar-refractivity contribution in [3.8, 4) is 0 Å². The van der Waals surface area contributed by atoms with E-state index in [1.165, 1.54) is 4.90 Å². The molecule has 1 aromatic heterocycles. The predicted molar refractivity (Wildman–Crippen MR) is 107 cm³/mol. The number of para-hydroxylation sites is 1. The number of hydrogen-bond donors (Lipinski definition) is 1. The molecule has 1 aromatic carbocycles. The lowest BCUT2D eigenvalue weighted by Crippen LogP contribution is -2.37. The number of nitrogens with one attached hydrogen (secondary N) is 1. The summed E-state index contributed by atoms with van der Waals surface area (Å²) in [6.07, 6.45) is -0.468. The number of fused-ring (bicyclic) bond motifs is 1. The van der Waals surface area contributed by atoms with Crippen LogP contribution in [0, 0.1) is 0 Å². The van der Waals surface area contributed by atoms with Crippen LogP contribution in [0.25, 0.3) is 0 Å². The highest BCUT2D eigenvalue weighted by Gasteiger charge is 2.38. The first kappa shape index (κ1) is 19.9. The Hall–Kier alpha value is -2.83. The summed E-state index contributed by atoms with van der Waals surface area (Å²) >= 11 is 0. The van der Waals surface area contributed by atoms with E-state index in [1.807, 2.05) is 65.8 Å². The first-order valence-electron chi connectivity index (χ1n) is 9.33. The van der Waals surface area contributed by atoms with Gasteiger partial charge in [0.15, 0.2) is 0 Å². The Balaban J connectivity index is 1.80. The van der Waals surface area contributed by atoms with Crippen LogP contribution in [0.15, 0.2) is 34.9 Å².